The lowest BCUT2D eigenvalue weighted by atomic mass is 10.1. The maximum atomic E-state index is 11.9. The van der Waals surface area contributed by atoms with Crippen molar-refractivity contribution in [3.05, 3.63) is 12.5 Å². The standard InChI is InChI=1S/C9H17N3O5S/c1-2-12-3-8(10-7-12)18(16,17)11-9(4-13,5-14)6-15/h3,7,11,13-15H,2,4-6H2,1H3. The van der Waals surface area contributed by atoms with E-state index < -0.39 is 35.4 Å². The van der Waals surface area contributed by atoms with Gasteiger partial charge in [0, 0.05) is 12.7 Å². The first kappa shape index (κ1) is 15.1. The van der Waals surface area contributed by atoms with Crippen molar-refractivity contribution in [2.75, 3.05) is 19.8 Å². The zero-order chi connectivity index (χ0) is 13.8. The van der Waals surface area contributed by atoms with Crippen LogP contribution in [0.4, 0.5) is 0 Å². The summed E-state index contributed by atoms with van der Waals surface area (Å²) in [5.74, 6) is 0. The SMILES string of the molecule is CCn1cnc(S(=O)(=O)NC(CO)(CO)CO)c1. The fraction of sp³-hybridized carbons (Fsp3) is 0.667. The van der Waals surface area contributed by atoms with Crippen molar-refractivity contribution < 1.29 is 23.7 Å². The van der Waals surface area contributed by atoms with Crippen molar-refractivity contribution in [2.24, 2.45) is 0 Å². The van der Waals surface area contributed by atoms with Gasteiger partial charge in [-0.1, -0.05) is 0 Å². The molecule has 0 aromatic carbocycles. The molecule has 8 nitrogen and oxygen atoms in total. The van der Waals surface area contributed by atoms with E-state index in [9.17, 15) is 8.42 Å². The summed E-state index contributed by atoms with van der Waals surface area (Å²) in [7, 11) is -4.01. The van der Waals surface area contributed by atoms with Gasteiger partial charge in [0.2, 0.25) is 0 Å². The van der Waals surface area contributed by atoms with Crippen LogP contribution >= 0.6 is 0 Å². The summed E-state index contributed by atoms with van der Waals surface area (Å²) in [5, 5.41) is 27.0. The number of imidazole rings is 1. The number of aromatic nitrogens is 2. The number of hydrogen-bond acceptors (Lipinski definition) is 6. The fourth-order valence-corrected chi connectivity index (χ4v) is 2.56. The highest BCUT2D eigenvalue weighted by molar-refractivity contribution is 7.89. The molecule has 0 saturated heterocycles. The first-order valence-corrected chi connectivity index (χ1v) is 6.79. The predicted octanol–water partition coefficient (Wildman–Crippen LogP) is -2.10. The second-order valence-corrected chi connectivity index (χ2v) is 5.53. The quantitative estimate of drug-likeness (QED) is 0.453. The van der Waals surface area contributed by atoms with Crippen molar-refractivity contribution in [1.29, 1.82) is 0 Å². The molecule has 1 rings (SSSR count). The van der Waals surface area contributed by atoms with Crippen LogP contribution in [0.15, 0.2) is 17.6 Å². The largest absolute Gasteiger partial charge is 0.394 e. The van der Waals surface area contributed by atoms with Crippen molar-refractivity contribution in [3.8, 4) is 0 Å². The van der Waals surface area contributed by atoms with Gasteiger partial charge in [-0.2, -0.15) is 4.72 Å². The molecule has 0 atom stereocenters. The number of sulfonamides is 1. The van der Waals surface area contributed by atoms with Crippen molar-refractivity contribution >= 4 is 10.0 Å². The molecule has 1 heterocycles. The van der Waals surface area contributed by atoms with E-state index in [1.165, 1.54) is 12.5 Å². The van der Waals surface area contributed by atoms with Gasteiger partial charge in [-0.25, -0.2) is 13.4 Å². The molecule has 1 aromatic rings. The van der Waals surface area contributed by atoms with Gasteiger partial charge in [0.25, 0.3) is 10.0 Å². The van der Waals surface area contributed by atoms with Crippen LogP contribution in [0.3, 0.4) is 0 Å². The van der Waals surface area contributed by atoms with Crippen LogP contribution in [0.2, 0.25) is 0 Å². The van der Waals surface area contributed by atoms with Gasteiger partial charge in [-0.15, -0.1) is 0 Å². The van der Waals surface area contributed by atoms with E-state index >= 15 is 0 Å². The van der Waals surface area contributed by atoms with E-state index in [0.717, 1.165) is 0 Å². The molecule has 0 fully saturated rings. The average Bonchev–Trinajstić information content (AvgIpc) is 2.85. The number of hydrogen-bond donors (Lipinski definition) is 4. The molecule has 0 saturated carbocycles. The highest BCUT2D eigenvalue weighted by Crippen LogP contribution is 2.11. The Bertz CT molecular complexity index is 472. The van der Waals surface area contributed by atoms with Crippen LogP contribution in [0.5, 0.6) is 0 Å². The Morgan fingerprint density at radius 1 is 1.33 bits per heavy atom. The molecule has 0 spiro atoms. The van der Waals surface area contributed by atoms with Gasteiger partial charge in [0.1, 0.15) is 5.54 Å². The van der Waals surface area contributed by atoms with E-state index in [1.807, 2.05) is 6.92 Å². The van der Waals surface area contributed by atoms with Crippen LogP contribution in [0, 0.1) is 0 Å². The van der Waals surface area contributed by atoms with Crippen LogP contribution < -0.4 is 4.72 Å². The Kier molecular flexibility index (Phi) is 4.82. The Morgan fingerprint density at radius 3 is 2.28 bits per heavy atom. The van der Waals surface area contributed by atoms with E-state index in [4.69, 9.17) is 15.3 Å². The lowest BCUT2D eigenvalue weighted by Crippen LogP contribution is -2.56. The Labute approximate surface area is 105 Å². The predicted molar refractivity (Wildman–Crippen MR) is 62.2 cm³/mol. The maximum Gasteiger partial charge on any atom is 0.260 e. The number of nitrogens with one attached hydrogen (secondary N) is 1. The van der Waals surface area contributed by atoms with Crippen LogP contribution in [0.1, 0.15) is 6.92 Å². The van der Waals surface area contributed by atoms with E-state index in [1.54, 1.807) is 4.57 Å². The lowest BCUT2D eigenvalue weighted by molar-refractivity contribution is 0.0581. The number of aliphatic hydroxyl groups is 3. The molecule has 4 N–H and O–H groups in total. The lowest BCUT2D eigenvalue weighted by Gasteiger charge is -2.27. The summed E-state index contributed by atoms with van der Waals surface area (Å²) in [4.78, 5) is 3.71. The van der Waals surface area contributed by atoms with Crippen molar-refractivity contribution in [1.82, 2.24) is 14.3 Å². The molecule has 0 amide bonds. The highest BCUT2D eigenvalue weighted by atomic mass is 32.2. The monoisotopic (exact) mass is 279 g/mol. The van der Waals surface area contributed by atoms with Crippen molar-refractivity contribution in [3.63, 3.8) is 0 Å². The summed E-state index contributed by atoms with van der Waals surface area (Å²) >= 11 is 0. The van der Waals surface area contributed by atoms with Gasteiger partial charge in [-0.3, -0.25) is 0 Å². The molecule has 9 heteroatoms. The zero-order valence-electron chi connectivity index (χ0n) is 9.94. The second kappa shape index (κ2) is 5.76. The first-order chi connectivity index (χ1) is 8.43. The number of nitrogens with zero attached hydrogens (tertiary/aromatic N) is 2. The summed E-state index contributed by atoms with van der Waals surface area (Å²) < 4.78 is 27.5. The van der Waals surface area contributed by atoms with E-state index in [2.05, 4.69) is 9.71 Å². The van der Waals surface area contributed by atoms with Crippen LogP contribution in [0.25, 0.3) is 0 Å². The molecule has 0 aliphatic carbocycles. The molecule has 104 valence electrons. The molecule has 0 unspecified atom stereocenters. The van der Waals surface area contributed by atoms with Crippen molar-refractivity contribution in [2.45, 2.75) is 24.0 Å². The maximum absolute atomic E-state index is 11.9. The molecule has 0 radical (unpaired) electrons. The Hall–Kier alpha value is -1.00. The molecule has 1 aromatic heterocycles. The number of rotatable bonds is 7. The minimum absolute atomic E-state index is 0.232. The smallest absolute Gasteiger partial charge is 0.260 e. The van der Waals surface area contributed by atoms with Crippen LogP contribution in [-0.2, 0) is 16.6 Å². The highest BCUT2D eigenvalue weighted by Gasteiger charge is 2.34. The second-order valence-electron chi connectivity index (χ2n) is 3.90. The van der Waals surface area contributed by atoms with Gasteiger partial charge in [-0.05, 0) is 6.92 Å². The summed E-state index contributed by atoms with van der Waals surface area (Å²) in [6.45, 7) is 0.202. The Balaban J connectivity index is 3.00. The topological polar surface area (TPSA) is 125 Å². The Morgan fingerprint density at radius 2 is 1.89 bits per heavy atom. The zero-order valence-corrected chi connectivity index (χ0v) is 10.8. The molecule has 0 aliphatic rings. The first-order valence-electron chi connectivity index (χ1n) is 5.31. The summed E-state index contributed by atoms with van der Waals surface area (Å²) in [6.07, 6.45) is 2.67. The third kappa shape index (κ3) is 3.06. The summed E-state index contributed by atoms with van der Waals surface area (Å²) in [6, 6.07) is 0. The van der Waals surface area contributed by atoms with E-state index in [0.29, 0.717) is 6.54 Å². The molecule has 0 aliphatic heterocycles. The van der Waals surface area contributed by atoms with Gasteiger partial charge >= 0.3 is 0 Å². The number of aryl methyl sites for hydroxylation is 1. The van der Waals surface area contributed by atoms with E-state index in [-0.39, 0.29) is 5.03 Å². The minimum Gasteiger partial charge on any atom is -0.394 e. The van der Waals surface area contributed by atoms with Gasteiger partial charge in [0.15, 0.2) is 5.03 Å². The van der Waals surface area contributed by atoms with Gasteiger partial charge < -0.3 is 19.9 Å². The molecule has 0 bridgehead atoms. The third-order valence-corrected chi connectivity index (χ3v) is 3.97. The molecular formula is C9H17N3O5S. The van der Waals surface area contributed by atoms with Crippen LogP contribution in [-0.4, -0.2) is 58.6 Å². The number of aliphatic hydroxyl groups excluding tert-OH is 3. The average molecular weight is 279 g/mol. The fourth-order valence-electron chi connectivity index (χ4n) is 1.24. The molecular weight excluding hydrogens is 262 g/mol. The molecule has 18 heavy (non-hydrogen) atoms. The summed E-state index contributed by atoms with van der Waals surface area (Å²) in [5.41, 5.74) is -1.70. The third-order valence-electron chi connectivity index (χ3n) is 2.51. The van der Waals surface area contributed by atoms with Gasteiger partial charge in [0.05, 0.1) is 26.1 Å². The minimum atomic E-state index is -4.01. The normalized spacial score (nSPS) is 12.9.